The predicted molar refractivity (Wildman–Crippen MR) is 196 cm³/mol. The molecule has 10 nitrogen and oxygen atoms in total. The van der Waals surface area contributed by atoms with E-state index in [0.717, 1.165) is 22.3 Å². The molecular formula is C41H41ClN4O6. The van der Waals surface area contributed by atoms with E-state index in [1.54, 1.807) is 10.9 Å². The lowest BCUT2D eigenvalue weighted by Gasteiger charge is -2.36. The van der Waals surface area contributed by atoms with Crippen molar-refractivity contribution in [1.82, 2.24) is 19.5 Å². The SMILES string of the molecule is OC[C@@H]1[C@H](OCc2ccccc2)[C@@H](OCc2ccccc2)[C@H](OCc2ccccc2)[C@@H](COCc2ccccc2)O[C@H]1n1cnc2c(Cl)ncnc21. The van der Waals surface area contributed by atoms with Crippen LogP contribution < -0.4 is 0 Å². The van der Waals surface area contributed by atoms with Crippen LogP contribution in [-0.2, 0) is 50.1 Å². The molecule has 0 spiro atoms. The van der Waals surface area contributed by atoms with Gasteiger partial charge in [-0.3, -0.25) is 4.57 Å². The molecule has 1 N–H and O–H groups in total. The van der Waals surface area contributed by atoms with Crippen LogP contribution in [0.4, 0.5) is 0 Å². The maximum atomic E-state index is 11.3. The first-order valence-electron chi connectivity index (χ1n) is 17.4. The maximum absolute atomic E-state index is 11.3. The van der Waals surface area contributed by atoms with Crippen LogP contribution in [-0.4, -0.2) is 62.3 Å². The Hall–Kier alpha value is -4.52. The average molecular weight is 721 g/mol. The van der Waals surface area contributed by atoms with Gasteiger partial charge in [0, 0.05) is 0 Å². The van der Waals surface area contributed by atoms with Gasteiger partial charge in [-0.25, -0.2) is 15.0 Å². The van der Waals surface area contributed by atoms with Crippen molar-refractivity contribution in [2.45, 2.75) is 57.1 Å². The second-order valence-corrected chi connectivity index (χ2v) is 13.0. The molecule has 0 radical (unpaired) electrons. The Labute approximate surface area is 307 Å². The van der Waals surface area contributed by atoms with Crippen molar-refractivity contribution >= 4 is 22.8 Å². The molecule has 7 rings (SSSR count). The summed E-state index contributed by atoms with van der Waals surface area (Å²) in [6.07, 6.45) is -0.670. The number of nitrogens with zero attached hydrogens (tertiary/aromatic N) is 4. The van der Waals surface area contributed by atoms with E-state index >= 15 is 0 Å². The summed E-state index contributed by atoms with van der Waals surface area (Å²) < 4.78 is 35.8. The highest BCUT2D eigenvalue weighted by Crippen LogP contribution is 2.39. The second-order valence-electron chi connectivity index (χ2n) is 12.7. The molecule has 0 aliphatic carbocycles. The minimum Gasteiger partial charge on any atom is -0.396 e. The standard InChI is InChI=1S/C41H41ClN4O6/c42-39-35-40(44-27-43-39)46(28-45-35)41-33(21-47)36(49-23-30-15-7-2-8-16-30)38(51-25-32-19-11-4-12-20-32)37(50-24-31-17-9-3-10-18-31)34(52-41)26-48-22-29-13-5-1-6-14-29/h1-20,27-28,33-34,36-38,41,47H,21-26H2/t33-,34-,36+,37-,38-,41-/m1/s1. The van der Waals surface area contributed by atoms with Crippen molar-refractivity contribution < 1.29 is 28.8 Å². The third-order valence-electron chi connectivity index (χ3n) is 9.17. The summed E-state index contributed by atoms with van der Waals surface area (Å²) in [4.78, 5) is 13.2. The fourth-order valence-electron chi connectivity index (χ4n) is 6.55. The van der Waals surface area contributed by atoms with Gasteiger partial charge in [0.2, 0.25) is 0 Å². The molecule has 0 bridgehead atoms. The molecule has 268 valence electrons. The van der Waals surface area contributed by atoms with E-state index < -0.39 is 36.6 Å². The molecule has 1 aliphatic heterocycles. The van der Waals surface area contributed by atoms with Gasteiger partial charge < -0.3 is 28.8 Å². The van der Waals surface area contributed by atoms with Crippen LogP contribution >= 0.6 is 11.6 Å². The number of aliphatic hydroxyl groups excluding tert-OH is 1. The van der Waals surface area contributed by atoms with Gasteiger partial charge in [0.05, 0.1) is 58.0 Å². The number of aromatic nitrogens is 4. The lowest BCUT2D eigenvalue weighted by Crippen LogP contribution is -2.50. The fraction of sp³-hybridized carbons (Fsp3) is 0.293. The van der Waals surface area contributed by atoms with E-state index in [1.807, 2.05) is 121 Å². The van der Waals surface area contributed by atoms with Crippen molar-refractivity contribution in [3.05, 3.63) is 161 Å². The molecule has 1 saturated heterocycles. The van der Waals surface area contributed by atoms with Crippen molar-refractivity contribution in [2.75, 3.05) is 13.2 Å². The van der Waals surface area contributed by atoms with Gasteiger partial charge in [-0.15, -0.1) is 0 Å². The molecule has 1 fully saturated rings. The van der Waals surface area contributed by atoms with Crippen LogP contribution in [0.2, 0.25) is 5.15 Å². The summed E-state index contributed by atoms with van der Waals surface area (Å²) in [5.41, 5.74) is 4.84. The molecule has 6 aromatic rings. The van der Waals surface area contributed by atoms with Crippen LogP contribution in [0.1, 0.15) is 28.5 Å². The zero-order valence-electron chi connectivity index (χ0n) is 28.6. The van der Waals surface area contributed by atoms with Gasteiger partial charge in [0.25, 0.3) is 0 Å². The third-order valence-corrected chi connectivity index (χ3v) is 9.44. The van der Waals surface area contributed by atoms with Crippen LogP contribution in [0, 0.1) is 5.92 Å². The molecule has 0 saturated carbocycles. The van der Waals surface area contributed by atoms with Crippen LogP contribution in [0.3, 0.4) is 0 Å². The highest BCUT2D eigenvalue weighted by Gasteiger charge is 2.50. The quantitative estimate of drug-likeness (QED) is 0.113. The lowest BCUT2D eigenvalue weighted by atomic mass is 9.92. The molecule has 2 aromatic heterocycles. The fourth-order valence-corrected chi connectivity index (χ4v) is 6.73. The number of halogens is 1. The van der Waals surface area contributed by atoms with Crippen LogP contribution in [0.5, 0.6) is 0 Å². The van der Waals surface area contributed by atoms with Gasteiger partial charge in [-0.1, -0.05) is 133 Å². The number of rotatable bonds is 15. The van der Waals surface area contributed by atoms with Crippen molar-refractivity contribution in [1.29, 1.82) is 0 Å². The Bertz CT molecular complexity index is 1950. The van der Waals surface area contributed by atoms with Crippen molar-refractivity contribution in [3.63, 3.8) is 0 Å². The van der Waals surface area contributed by atoms with Gasteiger partial charge in [0.1, 0.15) is 36.4 Å². The second kappa shape index (κ2) is 17.8. The highest BCUT2D eigenvalue weighted by molar-refractivity contribution is 6.33. The first-order valence-corrected chi connectivity index (χ1v) is 17.7. The summed E-state index contributed by atoms with van der Waals surface area (Å²) in [6.45, 7) is 1.03. The number of hydrogen-bond acceptors (Lipinski definition) is 9. The summed E-state index contributed by atoms with van der Waals surface area (Å²) in [5, 5.41) is 11.5. The van der Waals surface area contributed by atoms with Gasteiger partial charge >= 0.3 is 0 Å². The first-order chi connectivity index (χ1) is 25.7. The van der Waals surface area contributed by atoms with E-state index in [0.29, 0.717) is 17.8 Å². The third kappa shape index (κ3) is 8.74. The average Bonchev–Trinajstić information content (AvgIpc) is 3.59. The van der Waals surface area contributed by atoms with E-state index in [1.165, 1.54) is 6.33 Å². The molecule has 0 amide bonds. The van der Waals surface area contributed by atoms with Crippen molar-refractivity contribution in [2.24, 2.45) is 5.92 Å². The van der Waals surface area contributed by atoms with Gasteiger partial charge in [-0.2, -0.15) is 0 Å². The predicted octanol–water partition coefficient (Wildman–Crippen LogP) is 6.96. The maximum Gasteiger partial charge on any atom is 0.166 e. The largest absolute Gasteiger partial charge is 0.396 e. The van der Waals surface area contributed by atoms with E-state index in [4.69, 9.17) is 35.3 Å². The minimum absolute atomic E-state index is 0.155. The highest BCUT2D eigenvalue weighted by atomic mass is 35.5. The number of ether oxygens (including phenoxy) is 5. The molecule has 3 heterocycles. The van der Waals surface area contributed by atoms with Crippen LogP contribution in [0.15, 0.2) is 134 Å². The summed E-state index contributed by atoms with van der Waals surface area (Å²) in [7, 11) is 0. The number of hydrogen-bond donors (Lipinski definition) is 1. The zero-order valence-corrected chi connectivity index (χ0v) is 29.3. The lowest BCUT2D eigenvalue weighted by molar-refractivity contribution is -0.184. The van der Waals surface area contributed by atoms with E-state index in [9.17, 15) is 5.11 Å². The molecule has 1 aliphatic rings. The number of benzene rings is 4. The topological polar surface area (TPSA) is 110 Å². The molecule has 11 heteroatoms. The minimum atomic E-state index is -0.833. The summed E-state index contributed by atoms with van der Waals surface area (Å²) in [5.74, 6) is -0.669. The Balaban J connectivity index is 1.31. The number of aliphatic hydroxyl groups is 1. The Morgan fingerprint density at radius 1 is 0.615 bits per heavy atom. The molecule has 0 unspecified atom stereocenters. The first kappa shape index (κ1) is 35.9. The number of fused-ring (bicyclic) bond motifs is 1. The normalized spacial score (nSPS) is 22.0. The molecule has 6 atom stereocenters. The molecule has 52 heavy (non-hydrogen) atoms. The van der Waals surface area contributed by atoms with Crippen LogP contribution in [0.25, 0.3) is 11.2 Å². The van der Waals surface area contributed by atoms with E-state index in [-0.39, 0.29) is 38.2 Å². The smallest absolute Gasteiger partial charge is 0.166 e. The number of imidazole rings is 1. The monoisotopic (exact) mass is 720 g/mol. The summed E-state index contributed by atoms with van der Waals surface area (Å²) >= 11 is 6.46. The van der Waals surface area contributed by atoms with Gasteiger partial charge in [0.15, 0.2) is 10.8 Å². The Kier molecular flexibility index (Phi) is 12.3. The molecule has 4 aromatic carbocycles. The Morgan fingerprint density at radius 3 is 1.65 bits per heavy atom. The zero-order chi connectivity index (χ0) is 35.5. The van der Waals surface area contributed by atoms with E-state index in [2.05, 4.69) is 15.0 Å². The summed E-state index contributed by atoms with van der Waals surface area (Å²) in [6, 6.07) is 39.8. The Morgan fingerprint density at radius 2 is 1.12 bits per heavy atom. The molecular weight excluding hydrogens is 680 g/mol. The van der Waals surface area contributed by atoms with Gasteiger partial charge in [-0.05, 0) is 22.3 Å². The van der Waals surface area contributed by atoms with Crippen molar-refractivity contribution in [3.8, 4) is 0 Å².